The molecule has 2 rings (SSSR count). The minimum atomic E-state index is -0.551. The smallest absolute Gasteiger partial charge is 0.328 e. The molecular weight excluding hydrogens is 280 g/mol. The van der Waals surface area contributed by atoms with Gasteiger partial charge < -0.3 is 14.5 Å². The van der Waals surface area contributed by atoms with Crippen molar-refractivity contribution in [2.75, 3.05) is 13.7 Å². The van der Waals surface area contributed by atoms with E-state index >= 15 is 0 Å². The summed E-state index contributed by atoms with van der Waals surface area (Å²) in [6.45, 7) is 6.01. The second kappa shape index (κ2) is 6.81. The number of urea groups is 1. The molecule has 0 N–H and O–H groups in total. The highest BCUT2D eigenvalue weighted by atomic mass is 16.5. The molecule has 0 aromatic heterocycles. The summed E-state index contributed by atoms with van der Waals surface area (Å²) < 4.78 is 5.16. The van der Waals surface area contributed by atoms with Crippen LogP contribution in [-0.2, 0) is 9.53 Å². The number of amides is 2. The van der Waals surface area contributed by atoms with Gasteiger partial charge in [0.15, 0.2) is 0 Å². The molecule has 2 amide bonds. The molecule has 0 spiro atoms. The molecule has 22 heavy (non-hydrogen) atoms. The summed E-state index contributed by atoms with van der Waals surface area (Å²) in [4.78, 5) is 28.3. The fourth-order valence-corrected chi connectivity index (χ4v) is 3.05. The highest BCUT2D eigenvalue weighted by Gasteiger charge is 2.47. The maximum atomic E-state index is 12.7. The normalized spacial score (nSPS) is 22.8. The van der Waals surface area contributed by atoms with Crippen molar-refractivity contribution < 1.29 is 14.3 Å². The molecule has 0 radical (unpaired) electrons. The van der Waals surface area contributed by atoms with E-state index in [4.69, 9.17) is 4.74 Å². The highest BCUT2D eigenvalue weighted by Crippen LogP contribution is 2.36. The zero-order chi connectivity index (χ0) is 16.3. The van der Waals surface area contributed by atoms with Crippen LogP contribution in [0.15, 0.2) is 30.3 Å². The van der Waals surface area contributed by atoms with Crippen LogP contribution in [0.5, 0.6) is 0 Å². The fourth-order valence-electron chi connectivity index (χ4n) is 3.05. The number of benzene rings is 1. The number of ether oxygens (including phenoxy) is 1. The Bertz CT molecular complexity index is 532. The Hall–Kier alpha value is -2.04. The van der Waals surface area contributed by atoms with Crippen LogP contribution in [0.25, 0.3) is 0 Å². The predicted molar refractivity (Wildman–Crippen MR) is 84.4 cm³/mol. The summed E-state index contributed by atoms with van der Waals surface area (Å²) in [5.74, 6) is -0.332. The van der Waals surface area contributed by atoms with E-state index < -0.39 is 6.04 Å². The van der Waals surface area contributed by atoms with E-state index in [1.807, 2.05) is 44.2 Å². The summed E-state index contributed by atoms with van der Waals surface area (Å²) >= 11 is 0. The third-order valence-corrected chi connectivity index (χ3v) is 4.31. The van der Waals surface area contributed by atoms with Gasteiger partial charge in [-0.15, -0.1) is 0 Å². The highest BCUT2D eigenvalue weighted by molar-refractivity contribution is 5.85. The van der Waals surface area contributed by atoms with E-state index in [1.54, 1.807) is 23.8 Å². The van der Waals surface area contributed by atoms with Crippen LogP contribution >= 0.6 is 0 Å². The third kappa shape index (κ3) is 2.80. The first-order chi connectivity index (χ1) is 10.5. The van der Waals surface area contributed by atoms with Crippen molar-refractivity contribution in [3.63, 3.8) is 0 Å². The lowest BCUT2D eigenvalue weighted by Crippen LogP contribution is -2.45. The molecule has 1 aliphatic heterocycles. The lowest BCUT2D eigenvalue weighted by molar-refractivity contribution is -0.149. The predicted octanol–water partition coefficient (Wildman–Crippen LogP) is 2.83. The Morgan fingerprint density at radius 3 is 2.45 bits per heavy atom. The number of hydrogen-bond acceptors (Lipinski definition) is 3. The first-order valence-electron chi connectivity index (χ1n) is 7.79. The van der Waals surface area contributed by atoms with Crippen LogP contribution in [0.2, 0.25) is 0 Å². The standard InChI is InChI=1S/C17H24N2O3/c1-5-14(16(20)22-6-2)19-15(12(3)18(4)17(19)21)13-10-8-7-9-11-13/h7-12,14-15H,5-6H2,1-4H3/t12-,14+,15-/m0/s1. The van der Waals surface area contributed by atoms with Crippen LogP contribution < -0.4 is 0 Å². The number of esters is 1. The van der Waals surface area contributed by atoms with E-state index in [-0.39, 0.29) is 24.1 Å². The molecule has 0 unspecified atom stereocenters. The Morgan fingerprint density at radius 2 is 1.91 bits per heavy atom. The van der Waals surface area contributed by atoms with E-state index in [0.717, 1.165) is 5.56 Å². The number of hydrogen-bond donors (Lipinski definition) is 0. The van der Waals surface area contributed by atoms with Gasteiger partial charge in [-0.2, -0.15) is 0 Å². The Labute approximate surface area is 131 Å². The first kappa shape index (κ1) is 16.3. The quantitative estimate of drug-likeness (QED) is 0.786. The van der Waals surface area contributed by atoms with Gasteiger partial charge in [0.2, 0.25) is 0 Å². The Kier molecular flexibility index (Phi) is 5.06. The average Bonchev–Trinajstić information content (AvgIpc) is 2.74. The Morgan fingerprint density at radius 1 is 1.27 bits per heavy atom. The summed E-state index contributed by atoms with van der Waals surface area (Å²) in [6.07, 6.45) is 0.536. The number of likely N-dealkylation sites (N-methyl/N-ethyl adjacent to an activating group) is 1. The van der Waals surface area contributed by atoms with E-state index in [2.05, 4.69) is 0 Å². The largest absolute Gasteiger partial charge is 0.464 e. The van der Waals surface area contributed by atoms with E-state index in [0.29, 0.717) is 13.0 Å². The maximum Gasteiger partial charge on any atom is 0.328 e. The van der Waals surface area contributed by atoms with Gasteiger partial charge in [-0.3, -0.25) is 0 Å². The summed E-state index contributed by atoms with van der Waals surface area (Å²) in [5.41, 5.74) is 1.04. The van der Waals surface area contributed by atoms with Crippen molar-refractivity contribution >= 4 is 12.0 Å². The lowest BCUT2D eigenvalue weighted by atomic mass is 9.98. The van der Waals surface area contributed by atoms with Crippen molar-refractivity contribution in [3.05, 3.63) is 35.9 Å². The molecule has 0 aliphatic carbocycles. The first-order valence-corrected chi connectivity index (χ1v) is 7.79. The molecule has 0 bridgehead atoms. The van der Waals surface area contributed by atoms with Crippen molar-refractivity contribution in [3.8, 4) is 0 Å². The third-order valence-electron chi connectivity index (χ3n) is 4.31. The van der Waals surface area contributed by atoms with Gasteiger partial charge in [0.25, 0.3) is 0 Å². The van der Waals surface area contributed by atoms with Gasteiger partial charge >= 0.3 is 12.0 Å². The minimum Gasteiger partial charge on any atom is -0.464 e. The van der Waals surface area contributed by atoms with Gasteiger partial charge in [0.1, 0.15) is 6.04 Å². The van der Waals surface area contributed by atoms with Crippen molar-refractivity contribution in [2.45, 2.75) is 45.3 Å². The number of nitrogens with zero attached hydrogens (tertiary/aromatic N) is 2. The van der Waals surface area contributed by atoms with Crippen LogP contribution in [-0.4, -0.2) is 47.5 Å². The van der Waals surface area contributed by atoms with Crippen LogP contribution in [0.1, 0.15) is 38.8 Å². The SMILES string of the molecule is CCOC(=O)[C@@H](CC)N1C(=O)N(C)[C@@H](C)[C@H]1c1ccccc1. The molecule has 1 aromatic carbocycles. The molecule has 5 nitrogen and oxygen atoms in total. The number of rotatable bonds is 5. The molecule has 1 aromatic rings. The zero-order valence-electron chi connectivity index (χ0n) is 13.7. The van der Waals surface area contributed by atoms with Crippen molar-refractivity contribution in [1.82, 2.24) is 9.80 Å². The van der Waals surface area contributed by atoms with Gasteiger partial charge in [-0.1, -0.05) is 37.3 Å². The monoisotopic (exact) mass is 304 g/mol. The molecule has 120 valence electrons. The fraction of sp³-hybridized carbons (Fsp3) is 0.529. The van der Waals surface area contributed by atoms with Crippen LogP contribution in [0, 0.1) is 0 Å². The molecule has 1 saturated heterocycles. The average molecular weight is 304 g/mol. The molecule has 0 saturated carbocycles. The topological polar surface area (TPSA) is 49.9 Å². The molecule has 1 fully saturated rings. The second-order valence-corrected chi connectivity index (χ2v) is 5.57. The van der Waals surface area contributed by atoms with Crippen LogP contribution in [0.3, 0.4) is 0 Å². The Balaban J connectivity index is 2.40. The summed E-state index contributed by atoms with van der Waals surface area (Å²) in [5, 5.41) is 0. The zero-order valence-corrected chi connectivity index (χ0v) is 13.7. The van der Waals surface area contributed by atoms with Gasteiger partial charge in [-0.05, 0) is 25.8 Å². The molecular formula is C17H24N2O3. The van der Waals surface area contributed by atoms with Crippen molar-refractivity contribution in [1.29, 1.82) is 0 Å². The maximum absolute atomic E-state index is 12.7. The molecule has 1 aliphatic rings. The summed E-state index contributed by atoms with van der Waals surface area (Å²) in [7, 11) is 1.78. The second-order valence-electron chi connectivity index (χ2n) is 5.57. The number of carbonyl (C=O) groups excluding carboxylic acids is 2. The van der Waals surface area contributed by atoms with Gasteiger partial charge in [-0.25, -0.2) is 9.59 Å². The molecule has 3 atom stereocenters. The van der Waals surface area contributed by atoms with Gasteiger partial charge in [0, 0.05) is 7.05 Å². The van der Waals surface area contributed by atoms with E-state index in [1.165, 1.54) is 0 Å². The summed E-state index contributed by atoms with van der Waals surface area (Å²) in [6, 6.07) is 9.03. The molecule has 5 heteroatoms. The lowest BCUT2D eigenvalue weighted by Gasteiger charge is -2.31. The van der Waals surface area contributed by atoms with Crippen LogP contribution in [0.4, 0.5) is 4.79 Å². The van der Waals surface area contributed by atoms with Gasteiger partial charge in [0.05, 0.1) is 18.7 Å². The minimum absolute atomic E-state index is 0.00150. The van der Waals surface area contributed by atoms with Crippen molar-refractivity contribution in [2.24, 2.45) is 0 Å². The van der Waals surface area contributed by atoms with E-state index in [9.17, 15) is 9.59 Å². The number of carbonyl (C=O) groups is 2. The molecule has 1 heterocycles.